The first-order valence-electron chi connectivity index (χ1n) is 7.35. The molecule has 0 unspecified atom stereocenters. The Bertz CT molecular complexity index is 863. The number of benzene rings is 2. The lowest BCUT2D eigenvalue weighted by atomic mass is 10.2. The monoisotopic (exact) mass is 365 g/mol. The van der Waals surface area contributed by atoms with Crippen molar-refractivity contribution < 1.29 is 27.4 Å². The maximum Gasteiger partial charge on any atom is 0.326 e. The third kappa shape index (κ3) is 4.71. The molecular formula is C17H19NO6S. The van der Waals surface area contributed by atoms with E-state index in [-0.39, 0.29) is 10.6 Å². The van der Waals surface area contributed by atoms with Crippen molar-refractivity contribution in [2.75, 3.05) is 20.8 Å². The highest BCUT2D eigenvalue weighted by atomic mass is 32.2. The molecule has 0 amide bonds. The number of aryl methyl sites for hydroxylation is 1. The molecule has 0 aliphatic carbocycles. The van der Waals surface area contributed by atoms with Crippen LogP contribution in [0.2, 0.25) is 0 Å². The molecule has 0 atom stereocenters. The zero-order valence-corrected chi connectivity index (χ0v) is 14.9. The molecule has 25 heavy (non-hydrogen) atoms. The van der Waals surface area contributed by atoms with Crippen LogP contribution in [0.5, 0.6) is 17.2 Å². The molecule has 0 bridgehead atoms. The fraction of sp³-hybridized carbons (Fsp3) is 0.235. The van der Waals surface area contributed by atoms with Gasteiger partial charge in [-0.2, -0.15) is 4.72 Å². The summed E-state index contributed by atoms with van der Waals surface area (Å²) in [6, 6.07) is 11.1. The van der Waals surface area contributed by atoms with Gasteiger partial charge in [-0.05, 0) is 30.7 Å². The molecule has 7 nitrogen and oxygen atoms in total. The van der Waals surface area contributed by atoms with Gasteiger partial charge in [-0.3, -0.25) is 4.79 Å². The maximum absolute atomic E-state index is 12.3. The van der Waals surface area contributed by atoms with Gasteiger partial charge in [-0.25, -0.2) is 8.42 Å². The summed E-state index contributed by atoms with van der Waals surface area (Å²) in [5.74, 6) is 0.351. The highest BCUT2D eigenvalue weighted by Crippen LogP contribution is 2.29. The Labute approximate surface area is 146 Å². The van der Waals surface area contributed by atoms with Crippen molar-refractivity contribution in [3.63, 3.8) is 0 Å². The molecule has 0 aliphatic rings. The lowest BCUT2D eigenvalue weighted by Gasteiger charge is -2.11. The Balaban J connectivity index is 2.06. The molecular weight excluding hydrogens is 346 g/mol. The number of carbonyl (C=O) groups excluding carboxylic acids is 1. The first-order valence-corrected chi connectivity index (χ1v) is 8.83. The van der Waals surface area contributed by atoms with Crippen molar-refractivity contribution in [1.82, 2.24) is 4.72 Å². The molecule has 0 aromatic heterocycles. The molecule has 8 heteroatoms. The van der Waals surface area contributed by atoms with E-state index in [0.717, 1.165) is 5.56 Å². The number of nitrogens with one attached hydrogen (secondary N) is 1. The second-order valence-corrected chi connectivity index (χ2v) is 6.85. The van der Waals surface area contributed by atoms with E-state index in [1.54, 1.807) is 25.1 Å². The number of rotatable bonds is 7. The zero-order valence-electron chi connectivity index (χ0n) is 14.1. The van der Waals surface area contributed by atoms with Crippen molar-refractivity contribution in [1.29, 1.82) is 0 Å². The molecule has 134 valence electrons. The van der Waals surface area contributed by atoms with Crippen molar-refractivity contribution in [3.05, 3.63) is 48.0 Å². The standard InChI is InChI=1S/C17H19NO6S/c1-12-6-4-5-7-14(12)24-17(19)11-18-25(20,21)13-8-9-15(22-2)16(10-13)23-3/h4-10,18H,11H2,1-3H3. The summed E-state index contributed by atoms with van der Waals surface area (Å²) < 4.78 is 42.1. The predicted octanol–water partition coefficient (Wildman–Crippen LogP) is 1.90. The number of methoxy groups -OCH3 is 2. The minimum Gasteiger partial charge on any atom is -0.493 e. The summed E-state index contributed by atoms with van der Waals surface area (Å²) in [6.07, 6.45) is 0. The van der Waals surface area contributed by atoms with Crippen LogP contribution in [0.1, 0.15) is 5.56 Å². The largest absolute Gasteiger partial charge is 0.493 e. The van der Waals surface area contributed by atoms with Crippen LogP contribution in [-0.4, -0.2) is 35.2 Å². The number of esters is 1. The van der Waals surface area contributed by atoms with Crippen molar-refractivity contribution >= 4 is 16.0 Å². The number of ether oxygens (including phenoxy) is 3. The summed E-state index contributed by atoms with van der Waals surface area (Å²) in [6.45, 7) is 1.29. The van der Waals surface area contributed by atoms with E-state index in [1.165, 1.54) is 32.4 Å². The van der Waals surface area contributed by atoms with Gasteiger partial charge in [-0.1, -0.05) is 18.2 Å². The second-order valence-electron chi connectivity index (χ2n) is 5.08. The lowest BCUT2D eigenvalue weighted by molar-refractivity contribution is -0.133. The summed E-state index contributed by atoms with van der Waals surface area (Å²) in [7, 11) is -1.05. The average molecular weight is 365 g/mol. The molecule has 0 aliphatic heterocycles. The smallest absolute Gasteiger partial charge is 0.326 e. The van der Waals surface area contributed by atoms with Crippen LogP contribution in [0, 0.1) is 6.92 Å². The van der Waals surface area contributed by atoms with Gasteiger partial charge in [0.25, 0.3) is 0 Å². The minimum absolute atomic E-state index is 0.0474. The molecule has 0 spiro atoms. The Morgan fingerprint density at radius 2 is 1.68 bits per heavy atom. The van der Waals surface area contributed by atoms with E-state index >= 15 is 0 Å². The van der Waals surface area contributed by atoms with Crippen LogP contribution in [0.3, 0.4) is 0 Å². The van der Waals surface area contributed by atoms with Crippen LogP contribution >= 0.6 is 0 Å². The van der Waals surface area contributed by atoms with E-state index in [0.29, 0.717) is 11.5 Å². The maximum atomic E-state index is 12.3. The predicted molar refractivity (Wildman–Crippen MR) is 91.5 cm³/mol. The molecule has 0 radical (unpaired) electrons. The summed E-state index contributed by atoms with van der Waals surface area (Å²) in [5.41, 5.74) is 0.776. The average Bonchev–Trinajstić information content (AvgIpc) is 2.61. The van der Waals surface area contributed by atoms with Crippen molar-refractivity contribution in [3.8, 4) is 17.2 Å². The Morgan fingerprint density at radius 3 is 2.32 bits per heavy atom. The summed E-state index contributed by atoms with van der Waals surface area (Å²) in [4.78, 5) is 11.8. The number of sulfonamides is 1. The highest BCUT2D eigenvalue weighted by Gasteiger charge is 2.19. The number of hydrogen-bond donors (Lipinski definition) is 1. The van der Waals surface area contributed by atoms with Crippen LogP contribution < -0.4 is 18.9 Å². The molecule has 2 aromatic carbocycles. The van der Waals surface area contributed by atoms with Gasteiger partial charge in [0, 0.05) is 6.07 Å². The quantitative estimate of drug-likeness (QED) is 0.595. The van der Waals surface area contributed by atoms with E-state index in [2.05, 4.69) is 4.72 Å². The highest BCUT2D eigenvalue weighted by molar-refractivity contribution is 7.89. The first-order chi connectivity index (χ1) is 11.9. The van der Waals surface area contributed by atoms with Crippen LogP contribution in [0.25, 0.3) is 0 Å². The Kier molecular flexibility index (Phi) is 6.00. The SMILES string of the molecule is COc1ccc(S(=O)(=O)NCC(=O)Oc2ccccc2C)cc1OC. The topological polar surface area (TPSA) is 90.9 Å². The molecule has 2 aromatic rings. The van der Waals surface area contributed by atoms with Crippen molar-refractivity contribution in [2.45, 2.75) is 11.8 Å². The van der Waals surface area contributed by atoms with Gasteiger partial charge >= 0.3 is 5.97 Å². The van der Waals surface area contributed by atoms with Crippen molar-refractivity contribution in [2.24, 2.45) is 0 Å². The molecule has 0 saturated heterocycles. The van der Waals surface area contributed by atoms with E-state index < -0.39 is 22.5 Å². The Morgan fingerprint density at radius 1 is 1.00 bits per heavy atom. The van der Waals surface area contributed by atoms with E-state index in [9.17, 15) is 13.2 Å². The third-order valence-electron chi connectivity index (χ3n) is 3.39. The third-order valence-corrected chi connectivity index (χ3v) is 4.79. The number of carbonyl (C=O) groups is 1. The molecule has 2 rings (SSSR count). The fourth-order valence-corrected chi connectivity index (χ4v) is 3.03. The minimum atomic E-state index is -3.90. The lowest BCUT2D eigenvalue weighted by Crippen LogP contribution is -2.32. The normalized spacial score (nSPS) is 11.0. The van der Waals surface area contributed by atoms with Crippen LogP contribution in [0.15, 0.2) is 47.4 Å². The van der Waals surface area contributed by atoms with Gasteiger partial charge in [0.1, 0.15) is 12.3 Å². The van der Waals surface area contributed by atoms with Gasteiger partial charge in [-0.15, -0.1) is 0 Å². The molecule has 0 fully saturated rings. The zero-order chi connectivity index (χ0) is 18.4. The number of para-hydroxylation sites is 1. The van der Waals surface area contributed by atoms with Gasteiger partial charge in [0.2, 0.25) is 10.0 Å². The fourth-order valence-electron chi connectivity index (χ4n) is 2.05. The molecule has 0 heterocycles. The molecule has 1 N–H and O–H groups in total. The van der Waals surface area contributed by atoms with Crippen LogP contribution in [-0.2, 0) is 14.8 Å². The van der Waals surface area contributed by atoms with Crippen LogP contribution in [0.4, 0.5) is 0 Å². The second kappa shape index (κ2) is 8.00. The summed E-state index contributed by atoms with van der Waals surface area (Å²) in [5, 5.41) is 0. The Hall–Kier alpha value is -2.58. The molecule has 0 saturated carbocycles. The van der Waals surface area contributed by atoms with Gasteiger partial charge in [0.05, 0.1) is 19.1 Å². The number of hydrogen-bond acceptors (Lipinski definition) is 6. The van der Waals surface area contributed by atoms with E-state index in [4.69, 9.17) is 14.2 Å². The summed E-state index contributed by atoms with van der Waals surface area (Å²) >= 11 is 0. The first kappa shape index (κ1) is 18.8. The van der Waals surface area contributed by atoms with Gasteiger partial charge in [0.15, 0.2) is 11.5 Å². The van der Waals surface area contributed by atoms with Gasteiger partial charge < -0.3 is 14.2 Å². The van der Waals surface area contributed by atoms with E-state index in [1.807, 2.05) is 6.07 Å².